The molecule has 4 rings (SSSR count). The summed E-state index contributed by atoms with van der Waals surface area (Å²) in [5, 5.41) is 10.4. The normalized spacial score (nSPS) is 18.4. The molecule has 1 aliphatic heterocycles. The molecule has 1 aliphatic rings. The first-order valence-corrected chi connectivity index (χ1v) is 13.3. The van der Waals surface area contributed by atoms with Crippen LogP contribution in [0.25, 0.3) is 0 Å². The number of aliphatic hydroxyl groups is 1. The van der Waals surface area contributed by atoms with E-state index in [-0.39, 0.29) is 37.3 Å². The number of carbonyl (C=O) groups excluding carboxylic acids is 1. The first kappa shape index (κ1) is 27.7. The average molecular weight is 552 g/mol. The molecule has 0 amide bonds. The number of sulfonamides is 1. The van der Waals surface area contributed by atoms with Crippen molar-refractivity contribution >= 4 is 15.8 Å². The molecule has 2 atom stereocenters. The first-order valence-electron chi connectivity index (χ1n) is 11.8. The highest BCUT2D eigenvalue weighted by Gasteiger charge is 2.44. The Morgan fingerprint density at radius 3 is 2.34 bits per heavy atom. The largest absolute Gasteiger partial charge is 0.489 e. The van der Waals surface area contributed by atoms with E-state index in [4.69, 9.17) is 4.74 Å². The van der Waals surface area contributed by atoms with Crippen LogP contribution in [0, 0.1) is 5.82 Å². The third-order valence-corrected chi connectivity index (χ3v) is 8.21. The Bertz CT molecular complexity index is 1380. The number of hydrogen-bond donors (Lipinski definition) is 1. The zero-order chi connectivity index (χ0) is 27.5. The number of aryl methyl sites for hydroxylation is 1. The van der Waals surface area contributed by atoms with Crippen LogP contribution < -0.4 is 4.74 Å². The summed E-state index contributed by atoms with van der Waals surface area (Å²) in [7, 11) is -4.11. The molecular weight excluding hydrogens is 526 g/mol. The van der Waals surface area contributed by atoms with E-state index in [0.717, 1.165) is 46.3 Å². The summed E-state index contributed by atoms with van der Waals surface area (Å²) in [5.41, 5.74) is 0.532. The van der Waals surface area contributed by atoms with Crippen molar-refractivity contribution in [3.05, 3.63) is 95.3 Å². The Labute approximate surface area is 217 Å². The lowest BCUT2D eigenvalue weighted by molar-refractivity contribution is -0.137. The van der Waals surface area contributed by atoms with Crippen LogP contribution in [0.15, 0.2) is 77.7 Å². The molecule has 1 saturated heterocycles. The van der Waals surface area contributed by atoms with Gasteiger partial charge in [0.2, 0.25) is 10.0 Å². The summed E-state index contributed by atoms with van der Waals surface area (Å²) < 4.78 is 84.2. The SMILES string of the molecule is O=C(CCc1cccc(OCc2ccc(C(F)(F)F)cc2)c1)[C@@H]1[C@H](O)CCN1S(=O)(=O)c1ccc(F)cc1. The van der Waals surface area contributed by atoms with Gasteiger partial charge in [-0.05, 0) is 72.5 Å². The molecule has 0 unspecified atom stereocenters. The van der Waals surface area contributed by atoms with Gasteiger partial charge in [0.05, 0.1) is 16.6 Å². The van der Waals surface area contributed by atoms with Gasteiger partial charge < -0.3 is 9.84 Å². The number of benzene rings is 3. The topological polar surface area (TPSA) is 83.9 Å². The van der Waals surface area contributed by atoms with Crippen LogP contribution in [-0.2, 0) is 34.0 Å². The van der Waals surface area contributed by atoms with Gasteiger partial charge >= 0.3 is 6.18 Å². The van der Waals surface area contributed by atoms with Crippen LogP contribution >= 0.6 is 0 Å². The van der Waals surface area contributed by atoms with E-state index in [9.17, 15) is 35.9 Å². The lowest BCUT2D eigenvalue weighted by atomic mass is 10.0. The number of halogens is 4. The van der Waals surface area contributed by atoms with Crippen LogP contribution in [0.1, 0.15) is 29.5 Å². The van der Waals surface area contributed by atoms with Crippen molar-refractivity contribution < 1.29 is 40.6 Å². The molecule has 1 fully saturated rings. The van der Waals surface area contributed by atoms with Gasteiger partial charge in [-0.3, -0.25) is 4.79 Å². The molecule has 6 nitrogen and oxygen atoms in total. The molecule has 202 valence electrons. The molecule has 3 aromatic carbocycles. The second-order valence-corrected chi connectivity index (χ2v) is 10.9. The number of ketones is 1. The molecule has 0 saturated carbocycles. The fourth-order valence-corrected chi connectivity index (χ4v) is 5.95. The molecule has 0 bridgehead atoms. The number of hydrogen-bond acceptors (Lipinski definition) is 5. The molecule has 0 aromatic heterocycles. The molecule has 0 spiro atoms. The van der Waals surface area contributed by atoms with Crippen LogP contribution in [0.4, 0.5) is 17.6 Å². The van der Waals surface area contributed by atoms with Gasteiger partial charge in [-0.2, -0.15) is 17.5 Å². The average Bonchev–Trinajstić information content (AvgIpc) is 3.28. The highest BCUT2D eigenvalue weighted by atomic mass is 32.2. The number of ether oxygens (including phenoxy) is 1. The van der Waals surface area contributed by atoms with E-state index in [1.165, 1.54) is 12.1 Å². The Kier molecular flexibility index (Phi) is 8.19. The molecule has 1 N–H and O–H groups in total. The fraction of sp³-hybridized carbons (Fsp3) is 0.296. The molecule has 0 radical (unpaired) electrons. The van der Waals surface area contributed by atoms with E-state index in [0.29, 0.717) is 11.3 Å². The number of Topliss-reactive ketones (excluding diaryl/α,β-unsaturated/α-hetero) is 1. The van der Waals surface area contributed by atoms with Gasteiger partial charge in [-0.15, -0.1) is 0 Å². The zero-order valence-corrected chi connectivity index (χ0v) is 20.9. The minimum Gasteiger partial charge on any atom is -0.489 e. The summed E-state index contributed by atoms with van der Waals surface area (Å²) in [5.74, 6) is -0.586. The molecule has 3 aromatic rings. The number of alkyl halides is 3. The Morgan fingerprint density at radius 1 is 1.00 bits per heavy atom. The van der Waals surface area contributed by atoms with Gasteiger partial charge in [0.1, 0.15) is 24.2 Å². The highest BCUT2D eigenvalue weighted by Crippen LogP contribution is 2.30. The molecule has 1 heterocycles. The summed E-state index contributed by atoms with van der Waals surface area (Å²) in [6.07, 6.45) is -5.26. The van der Waals surface area contributed by atoms with Gasteiger partial charge in [0.15, 0.2) is 5.78 Å². The van der Waals surface area contributed by atoms with Crippen molar-refractivity contribution in [2.24, 2.45) is 0 Å². The van der Waals surface area contributed by atoms with Gasteiger partial charge in [0.25, 0.3) is 0 Å². The summed E-state index contributed by atoms with van der Waals surface area (Å²) in [6, 6.07) is 14.5. The molecule has 0 aliphatic carbocycles. The lowest BCUT2D eigenvalue weighted by Crippen LogP contribution is -2.45. The second kappa shape index (κ2) is 11.2. The number of carbonyl (C=O) groups is 1. The van der Waals surface area contributed by atoms with Crippen molar-refractivity contribution in [3.8, 4) is 5.75 Å². The summed E-state index contributed by atoms with van der Waals surface area (Å²) in [4.78, 5) is 12.9. The molecule has 11 heteroatoms. The van der Waals surface area contributed by atoms with Crippen LogP contribution in [0.5, 0.6) is 5.75 Å². The second-order valence-electron chi connectivity index (χ2n) is 8.97. The van der Waals surface area contributed by atoms with Crippen LogP contribution in [-0.4, -0.2) is 42.3 Å². The van der Waals surface area contributed by atoms with Gasteiger partial charge in [-0.25, -0.2) is 12.8 Å². The summed E-state index contributed by atoms with van der Waals surface area (Å²) >= 11 is 0. The third-order valence-electron chi connectivity index (χ3n) is 6.32. The van der Waals surface area contributed by atoms with E-state index in [1.54, 1.807) is 24.3 Å². The first-order chi connectivity index (χ1) is 17.9. The smallest absolute Gasteiger partial charge is 0.416 e. The van der Waals surface area contributed by atoms with Crippen molar-refractivity contribution in [1.29, 1.82) is 0 Å². The number of nitrogens with zero attached hydrogens (tertiary/aromatic N) is 1. The number of aliphatic hydroxyl groups excluding tert-OH is 1. The van der Waals surface area contributed by atoms with Crippen molar-refractivity contribution in [3.63, 3.8) is 0 Å². The van der Waals surface area contributed by atoms with Crippen LogP contribution in [0.3, 0.4) is 0 Å². The maximum Gasteiger partial charge on any atom is 0.416 e. The zero-order valence-electron chi connectivity index (χ0n) is 20.1. The predicted octanol–water partition coefficient (Wildman–Crippen LogP) is 4.75. The van der Waals surface area contributed by atoms with E-state index >= 15 is 0 Å². The van der Waals surface area contributed by atoms with Crippen molar-refractivity contribution in [2.75, 3.05) is 6.54 Å². The van der Waals surface area contributed by atoms with E-state index < -0.39 is 45.5 Å². The van der Waals surface area contributed by atoms with Crippen molar-refractivity contribution in [1.82, 2.24) is 4.31 Å². The van der Waals surface area contributed by atoms with Crippen LogP contribution in [0.2, 0.25) is 0 Å². The molecule has 38 heavy (non-hydrogen) atoms. The maximum atomic E-state index is 13.2. The summed E-state index contributed by atoms with van der Waals surface area (Å²) in [6.45, 7) is 0.00947. The molecular formula is C27H25F4NO5S. The Balaban J connectivity index is 1.38. The lowest BCUT2D eigenvalue weighted by Gasteiger charge is -2.24. The predicted molar refractivity (Wildman–Crippen MR) is 130 cm³/mol. The van der Waals surface area contributed by atoms with Crippen molar-refractivity contribution in [2.45, 2.75) is 49.1 Å². The Morgan fingerprint density at radius 2 is 1.68 bits per heavy atom. The van der Waals surface area contributed by atoms with E-state index in [2.05, 4.69) is 0 Å². The number of rotatable bonds is 9. The minimum absolute atomic E-state index is 0.0371. The van der Waals surface area contributed by atoms with Gasteiger partial charge in [-0.1, -0.05) is 24.3 Å². The fourth-order valence-electron chi connectivity index (χ4n) is 4.30. The van der Waals surface area contributed by atoms with Gasteiger partial charge in [0, 0.05) is 13.0 Å². The minimum atomic E-state index is -4.41. The standard InChI is InChI=1S/C27H25F4NO5S/c28-21-9-11-23(12-10-21)38(35,36)32-15-14-25(34)26(32)24(33)13-6-18-2-1-3-22(16-18)37-17-19-4-7-20(8-5-19)27(29,30)31/h1-5,7-12,16,25-26,34H,6,13-15,17H2/t25-,26-/m1/s1. The quantitative estimate of drug-likeness (QED) is 0.388. The maximum absolute atomic E-state index is 13.2. The monoisotopic (exact) mass is 551 g/mol. The Hall–Kier alpha value is -3.28. The van der Waals surface area contributed by atoms with E-state index in [1.807, 2.05) is 0 Å². The highest BCUT2D eigenvalue weighted by molar-refractivity contribution is 7.89. The third kappa shape index (κ3) is 6.40.